The Labute approximate surface area is 172 Å². The van der Waals surface area contributed by atoms with E-state index in [-0.39, 0.29) is 0 Å². The predicted octanol–water partition coefficient (Wildman–Crippen LogP) is 8.46. The fourth-order valence-electron chi connectivity index (χ4n) is 3.79. The predicted molar refractivity (Wildman–Crippen MR) is 124 cm³/mol. The Morgan fingerprint density at radius 2 is 0.500 bits per heavy atom. The monoisotopic (exact) mass is 385 g/mol. The van der Waals surface area contributed by atoms with Gasteiger partial charge >= 0.3 is 0 Å². The molecule has 0 fully saturated rings. The summed E-state index contributed by atoms with van der Waals surface area (Å²) < 4.78 is 0. The van der Waals surface area contributed by atoms with Crippen LogP contribution in [0.5, 0.6) is 0 Å². The fourth-order valence-corrected chi connectivity index (χ4v) is 4.02. The van der Waals surface area contributed by atoms with Crippen LogP contribution >= 0.6 is 12.6 Å². The van der Waals surface area contributed by atoms with Gasteiger partial charge in [-0.25, -0.2) is 0 Å². The lowest BCUT2D eigenvalue weighted by atomic mass is 10.0. The zero-order valence-electron chi connectivity index (χ0n) is 18.0. The van der Waals surface area contributed by atoms with Gasteiger partial charge in [-0.15, -0.1) is 0 Å². The van der Waals surface area contributed by atoms with Crippen LogP contribution in [0.25, 0.3) is 0 Å². The van der Waals surface area contributed by atoms with E-state index in [1.807, 2.05) is 0 Å². The highest BCUT2D eigenvalue weighted by Crippen LogP contribution is 2.15. The van der Waals surface area contributed by atoms with Gasteiger partial charge in [-0.1, -0.05) is 128 Å². The van der Waals surface area contributed by atoms with Crippen LogP contribution in [0.4, 0.5) is 0 Å². The van der Waals surface area contributed by atoms with Gasteiger partial charge in [0.25, 0.3) is 0 Å². The summed E-state index contributed by atoms with van der Waals surface area (Å²) in [7, 11) is 0. The minimum atomic E-state index is 0.872. The third-order valence-corrected chi connectivity index (χ3v) is 5.93. The molecular weight excluding hydrogens is 334 g/mol. The first-order valence-electron chi connectivity index (χ1n) is 12.2. The van der Waals surface area contributed by atoms with Crippen LogP contribution in [0, 0.1) is 0 Å². The third kappa shape index (κ3) is 24.3. The molecule has 0 spiro atoms. The van der Waals surface area contributed by atoms with Crippen LogP contribution in [0.1, 0.15) is 141 Å². The van der Waals surface area contributed by atoms with E-state index in [0.29, 0.717) is 0 Å². The van der Waals surface area contributed by atoms with Crippen molar-refractivity contribution in [3.05, 3.63) is 0 Å². The van der Waals surface area contributed by atoms with Crippen LogP contribution < -0.4 is 5.73 Å². The van der Waals surface area contributed by atoms with E-state index in [4.69, 9.17) is 5.73 Å². The van der Waals surface area contributed by atoms with E-state index in [9.17, 15) is 0 Å². The van der Waals surface area contributed by atoms with Crippen LogP contribution in [-0.4, -0.2) is 12.3 Å². The van der Waals surface area contributed by atoms with Gasteiger partial charge in [-0.2, -0.15) is 12.6 Å². The number of hydrogen-bond donors (Lipinski definition) is 2. The van der Waals surface area contributed by atoms with Gasteiger partial charge in [0.1, 0.15) is 0 Å². The van der Waals surface area contributed by atoms with E-state index in [1.54, 1.807) is 0 Å². The molecule has 0 unspecified atom stereocenters. The Kier molecular flexibility index (Phi) is 25.6. The molecule has 0 rings (SSSR count). The lowest BCUT2D eigenvalue weighted by molar-refractivity contribution is 0.519. The van der Waals surface area contributed by atoms with Crippen molar-refractivity contribution in [1.29, 1.82) is 0 Å². The number of hydrogen-bond acceptors (Lipinski definition) is 2. The van der Waals surface area contributed by atoms with Crippen LogP contribution in [0.3, 0.4) is 0 Å². The number of rotatable bonds is 23. The molecule has 0 bridgehead atoms. The molecule has 0 saturated carbocycles. The average Bonchev–Trinajstić information content (AvgIpc) is 2.66. The van der Waals surface area contributed by atoms with Crippen molar-refractivity contribution in [3.63, 3.8) is 0 Å². The first kappa shape index (κ1) is 26.3. The van der Waals surface area contributed by atoms with Gasteiger partial charge in [-0.05, 0) is 25.1 Å². The lowest BCUT2D eigenvalue weighted by Crippen LogP contribution is -1.97. The molecule has 0 aromatic carbocycles. The SMILES string of the molecule is NCCCCCCCCCCCCCCCCCCCCCCCCS. The second-order valence-corrected chi connectivity index (χ2v) is 8.74. The highest BCUT2D eigenvalue weighted by atomic mass is 32.1. The molecule has 2 N–H and O–H groups in total. The average molecular weight is 386 g/mol. The van der Waals surface area contributed by atoms with Gasteiger partial charge in [0.15, 0.2) is 0 Å². The molecule has 1 nitrogen and oxygen atoms in total. The fraction of sp³-hybridized carbons (Fsp3) is 1.00. The summed E-state index contributed by atoms with van der Waals surface area (Å²) in [5, 5.41) is 0. The molecule has 0 amide bonds. The lowest BCUT2D eigenvalue weighted by Gasteiger charge is -2.04. The van der Waals surface area contributed by atoms with Gasteiger partial charge < -0.3 is 5.73 Å². The minimum absolute atomic E-state index is 0.872. The smallest absolute Gasteiger partial charge is 0.00773 e. The van der Waals surface area contributed by atoms with Crippen molar-refractivity contribution in [1.82, 2.24) is 0 Å². The van der Waals surface area contributed by atoms with Gasteiger partial charge in [0, 0.05) is 0 Å². The summed E-state index contributed by atoms with van der Waals surface area (Å²) in [5.41, 5.74) is 5.52. The Hall–Kier alpha value is 0.310. The molecule has 26 heavy (non-hydrogen) atoms. The minimum Gasteiger partial charge on any atom is -0.330 e. The summed E-state index contributed by atoms with van der Waals surface area (Å²) in [6, 6.07) is 0. The maximum Gasteiger partial charge on any atom is -0.00773 e. The van der Waals surface area contributed by atoms with Gasteiger partial charge in [0.05, 0.1) is 0 Å². The zero-order valence-corrected chi connectivity index (χ0v) is 18.9. The van der Waals surface area contributed by atoms with Crippen LogP contribution in [0.2, 0.25) is 0 Å². The van der Waals surface area contributed by atoms with E-state index in [1.165, 1.54) is 141 Å². The maximum absolute atomic E-state index is 5.52. The van der Waals surface area contributed by atoms with E-state index in [2.05, 4.69) is 12.6 Å². The molecule has 158 valence electrons. The molecule has 0 heterocycles. The van der Waals surface area contributed by atoms with Gasteiger partial charge in [-0.3, -0.25) is 0 Å². The molecular formula is C24H51NS. The second kappa shape index (κ2) is 25.3. The Morgan fingerprint density at radius 3 is 0.692 bits per heavy atom. The van der Waals surface area contributed by atoms with Crippen LogP contribution in [0.15, 0.2) is 0 Å². The molecule has 0 aromatic rings. The first-order chi connectivity index (χ1) is 12.9. The highest BCUT2D eigenvalue weighted by Gasteiger charge is 1.95. The molecule has 0 aromatic heterocycles. The van der Waals surface area contributed by atoms with Crippen molar-refractivity contribution in [2.45, 2.75) is 141 Å². The highest BCUT2D eigenvalue weighted by molar-refractivity contribution is 7.80. The van der Waals surface area contributed by atoms with Crippen molar-refractivity contribution in [3.8, 4) is 0 Å². The van der Waals surface area contributed by atoms with Crippen molar-refractivity contribution < 1.29 is 0 Å². The van der Waals surface area contributed by atoms with E-state index < -0.39 is 0 Å². The molecule has 0 aliphatic carbocycles. The second-order valence-electron chi connectivity index (χ2n) is 8.29. The Morgan fingerprint density at radius 1 is 0.308 bits per heavy atom. The number of nitrogens with two attached hydrogens (primary N) is 1. The summed E-state index contributed by atoms with van der Waals surface area (Å²) in [4.78, 5) is 0. The molecule has 0 radical (unpaired) electrons. The largest absolute Gasteiger partial charge is 0.330 e. The van der Waals surface area contributed by atoms with Crippen molar-refractivity contribution in [2.75, 3.05) is 12.3 Å². The third-order valence-electron chi connectivity index (χ3n) is 5.61. The van der Waals surface area contributed by atoms with Crippen molar-refractivity contribution >= 4 is 12.6 Å². The number of unbranched alkanes of at least 4 members (excludes halogenated alkanes) is 21. The maximum atomic E-state index is 5.52. The normalized spacial score (nSPS) is 11.3. The first-order valence-corrected chi connectivity index (χ1v) is 12.9. The quantitative estimate of drug-likeness (QED) is 0.134. The summed E-state index contributed by atoms with van der Waals surface area (Å²) in [6.45, 7) is 0.872. The summed E-state index contributed by atoms with van der Waals surface area (Å²) in [6.07, 6.45) is 31.5. The molecule has 0 aliphatic heterocycles. The molecule has 0 atom stereocenters. The number of thiol groups is 1. The zero-order chi connectivity index (χ0) is 19.0. The standard InChI is InChI=1S/C24H51NS/c25-23-21-19-17-15-13-11-9-7-5-3-1-2-4-6-8-10-12-14-16-18-20-22-24-26/h26H,1-25H2. The molecule has 0 aliphatic rings. The molecule has 0 saturated heterocycles. The Bertz CT molecular complexity index is 208. The van der Waals surface area contributed by atoms with Crippen LogP contribution in [-0.2, 0) is 0 Å². The van der Waals surface area contributed by atoms with E-state index in [0.717, 1.165) is 12.3 Å². The summed E-state index contributed by atoms with van der Waals surface area (Å²) in [5.74, 6) is 1.07. The van der Waals surface area contributed by atoms with Crippen molar-refractivity contribution in [2.24, 2.45) is 5.73 Å². The molecule has 2 heteroatoms. The Balaban J connectivity index is 2.95. The van der Waals surface area contributed by atoms with Gasteiger partial charge in [0.2, 0.25) is 0 Å². The van der Waals surface area contributed by atoms with E-state index >= 15 is 0 Å². The summed E-state index contributed by atoms with van der Waals surface area (Å²) >= 11 is 4.26. The topological polar surface area (TPSA) is 26.0 Å².